The Kier molecular flexibility index (Phi) is 3.17. The van der Waals surface area contributed by atoms with Gasteiger partial charge in [-0.25, -0.2) is 0 Å². The number of phenolic OH excluding ortho intramolecular Hbond substituents is 1. The molecule has 0 unspecified atom stereocenters. The van der Waals surface area contributed by atoms with E-state index in [1.807, 2.05) is 42.6 Å². The summed E-state index contributed by atoms with van der Waals surface area (Å²) in [4.78, 5) is 3.13. The van der Waals surface area contributed by atoms with Gasteiger partial charge in [0.05, 0.1) is 4.47 Å². The van der Waals surface area contributed by atoms with E-state index >= 15 is 0 Å². The van der Waals surface area contributed by atoms with Crippen molar-refractivity contribution < 1.29 is 9.84 Å². The van der Waals surface area contributed by atoms with Crippen LogP contribution in [-0.2, 0) is 6.61 Å². The monoisotopic (exact) mass is 317 g/mol. The van der Waals surface area contributed by atoms with E-state index in [9.17, 15) is 5.11 Å². The zero-order valence-electron chi connectivity index (χ0n) is 10.1. The Morgan fingerprint density at radius 1 is 1.11 bits per heavy atom. The highest BCUT2D eigenvalue weighted by atomic mass is 79.9. The van der Waals surface area contributed by atoms with Crippen molar-refractivity contribution in [1.82, 2.24) is 4.98 Å². The molecule has 2 N–H and O–H groups in total. The summed E-state index contributed by atoms with van der Waals surface area (Å²) in [6, 6.07) is 13.1. The molecule has 96 valence electrons. The zero-order valence-corrected chi connectivity index (χ0v) is 11.6. The second-order valence-electron chi connectivity index (χ2n) is 4.23. The van der Waals surface area contributed by atoms with Gasteiger partial charge in [0.15, 0.2) is 0 Å². The van der Waals surface area contributed by atoms with Crippen molar-refractivity contribution in [2.45, 2.75) is 6.61 Å². The Hall–Kier alpha value is -1.94. The fraction of sp³-hybridized carbons (Fsp3) is 0.0667. The van der Waals surface area contributed by atoms with Gasteiger partial charge < -0.3 is 14.8 Å². The maximum Gasteiger partial charge on any atom is 0.133 e. The van der Waals surface area contributed by atoms with E-state index in [0.29, 0.717) is 6.61 Å². The number of aromatic hydroxyl groups is 1. The van der Waals surface area contributed by atoms with Crippen LogP contribution in [-0.4, -0.2) is 10.1 Å². The quantitative estimate of drug-likeness (QED) is 0.759. The van der Waals surface area contributed by atoms with Gasteiger partial charge in [-0.15, -0.1) is 0 Å². The summed E-state index contributed by atoms with van der Waals surface area (Å²) in [5.74, 6) is 1.05. The minimum atomic E-state index is 0.268. The molecule has 2 aromatic carbocycles. The Morgan fingerprint density at radius 2 is 1.95 bits per heavy atom. The van der Waals surface area contributed by atoms with Crippen LogP contribution in [0.1, 0.15) is 5.56 Å². The highest BCUT2D eigenvalue weighted by molar-refractivity contribution is 9.10. The van der Waals surface area contributed by atoms with Crippen LogP contribution in [0.5, 0.6) is 11.5 Å². The number of para-hydroxylation sites is 1. The van der Waals surface area contributed by atoms with Gasteiger partial charge in [0.1, 0.15) is 18.1 Å². The Morgan fingerprint density at radius 3 is 2.79 bits per heavy atom. The summed E-state index contributed by atoms with van der Waals surface area (Å²) in [5.41, 5.74) is 1.84. The zero-order chi connectivity index (χ0) is 13.2. The maximum atomic E-state index is 9.91. The molecule has 1 heterocycles. The molecule has 0 radical (unpaired) electrons. The molecule has 0 amide bonds. The molecular weight excluding hydrogens is 306 g/mol. The predicted octanol–water partition coefficient (Wildman–Crippen LogP) is 4.22. The smallest absolute Gasteiger partial charge is 0.133 e. The fourth-order valence-electron chi connectivity index (χ4n) is 2.07. The number of benzene rings is 2. The molecule has 3 rings (SSSR count). The predicted molar refractivity (Wildman–Crippen MR) is 78.4 cm³/mol. The highest BCUT2D eigenvalue weighted by Gasteiger charge is 2.09. The SMILES string of the molecule is Oc1cccc2[nH]cc(COc3ccccc3Br)c12. The summed E-state index contributed by atoms with van der Waals surface area (Å²) >= 11 is 3.44. The molecule has 0 atom stereocenters. The van der Waals surface area contributed by atoms with Crippen LogP contribution < -0.4 is 4.74 Å². The van der Waals surface area contributed by atoms with Crippen LogP contribution in [0.3, 0.4) is 0 Å². The van der Waals surface area contributed by atoms with Gasteiger partial charge in [0.2, 0.25) is 0 Å². The number of hydrogen-bond donors (Lipinski definition) is 2. The minimum Gasteiger partial charge on any atom is -0.507 e. The number of fused-ring (bicyclic) bond motifs is 1. The maximum absolute atomic E-state index is 9.91. The van der Waals surface area contributed by atoms with Crippen LogP contribution in [0.25, 0.3) is 10.9 Å². The molecule has 3 aromatic rings. The Bertz CT molecular complexity index is 721. The highest BCUT2D eigenvalue weighted by Crippen LogP contribution is 2.30. The van der Waals surface area contributed by atoms with Crippen molar-refractivity contribution in [2.75, 3.05) is 0 Å². The lowest BCUT2D eigenvalue weighted by Gasteiger charge is -2.07. The van der Waals surface area contributed by atoms with Crippen molar-refractivity contribution in [1.29, 1.82) is 0 Å². The molecule has 19 heavy (non-hydrogen) atoms. The first-order valence-corrected chi connectivity index (χ1v) is 6.70. The summed E-state index contributed by atoms with van der Waals surface area (Å²) in [5, 5.41) is 10.7. The third kappa shape index (κ3) is 2.31. The lowest BCUT2D eigenvalue weighted by Crippen LogP contribution is -1.95. The van der Waals surface area contributed by atoms with Gasteiger partial charge in [0.25, 0.3) is 0 Å². The number of H-pyrrole nitrogens is 1. The standard InChI is InChI=1S/C15H12BrNO2/c16-11-4-1-2-7-14(11)19-9-10-8-17-12-5-3-6-13(18)15(10)12/h1-8,17-18H,9H2. The lowest BCUT2D eigenvalue weighted by atomic mass is 10.1. The molecule has 0 aliphatic carbocycles. The van der Waals surface area contributed by atoms with E-state index in [1.54, 1.807) is 6.07 Å². The molecule has 0 bridgehead atoms. The fourth-order valence-corrected chi connectivity index (χ4v) is 2.47. The van der Waals surface area contributed by atoms with Crippen LogP contribution >= 0.6 is 15.9 Å². The Balaban J connectivity index is 1.89. The van der Waals surface area contributed by atoms with Gasteiger partial charge in [-0.05, 0) is 40.2 Å². The van der Waals surface area contributed by atoms with Crippen LogP contribution in [0.4, 0.5) is 0 Å². The topological polar surface area (TPSA) is 45.2 Å². The third-order valence-corrected chi connectivity index (χ3v) is 3.64. The number of rotatable bonds is 3. The number of hydrogen-bond acceptors (Lipinski definition) is 2. The van der Waals surface area contributed by atoms with Gasteiger partial charge in [0, 0.05) is 22.7 Å². The number of nitrogens with one attached hydrogen (secondary N) is 1. The number of aromatic nitrogens is 1. The van der Waals surface area contributed by atoms with Crippen LogP contribution in [0.2, 0.25) is 0 Å². The van der Waals surface area contributed by atoms with Crippen LogP contribution in [0, 0.1) is 0 Å². The molecule has 1 aromatic heterocycles. The van der Waals surface area contributed by atoms with E-state index in [4.69, 9.17) is 4.74 Å². The first kappa shape index (κ1) is 12.1. The van der Waals surface area contributed by atoms with Crippen LogP contribution in [0.15, 0.2) is 53.1 Å². The molecule has 0 aliphatic heterocycles. The average Bonchev–Trinajstić information content (AvgIpc) is 2.83. The van der Waals surface area contributed by atoms with Gasteiger partial charge in [-0.3, -0.25) is 0 Å². The van der Waals surface area contributed by atoms with Gasteiger partial charge in [-0.2, -0.15) is 0 Å². The molecule has 4 heteroatoms. The summed E-state index contributed by atoms with van der Waals surface area (Å²) < 4.78 is 6.68. The number of halogens is 1. The normalized spacial score (nSPS) is 10.8. The number of aromatic amines is 1. The largest absolute Gasteiger partial charge is 0.507 e. The summed E-state index contributed by atoms with van der Waals surface area (Å²) in [6.07, 6.45) is 1.86. The van der Waals surface area contributed by atoms with Crippen molar-refractivity contribution in [2.24, 2.45) is 0 Å². The molecule has 3 nitrogen and oxygen atoms in total. The van der Waals surface area contributed by atoms with E-state index in [1.165, 1.54) is 0 Å². The minimum absolute atomic E-state index is 0.268. The average molecular weight is 318 g/mol. The van der Waals surface area contributed by atoms with E-state index < -0.39 is 0 Å². The number of phenols is 1. The Labute approximate surface area is 119 Å². The summed E-state index contributed by atoms with van der Waals surface area (Å²) in [7, 11) is 0. The van der Waals surface area contributed by atoms with E-state index in [2.05, 4.69) is 20.9 Å². The molecular formula is C15H12BrNO2. The molecule has 0 saturated carbocycles. The van der Waals surface area contributed by atoms with Crippen molar-refractivity contribution in [3.8, 4) is 11.5 Å². The second-order valence-corrected chi connectivity index (χ2v) is 5.09. The lowest BCUT2D eigenvalue weighted by molar-refractivity contribution is 0.305. The van der Waals surface area contributed by atoms with Crippen molar-refractivity contribution in [3.05, 3.63) is 58.7 Å². The molecule has 0 aliphatic rings. The number of ether oxygens (including phenoxy) is 1. The van der Waals surface area contributed by atoms with Gasteiger partial charge in [-0.1, -0.05) is 18.2 Å². The van der Waals surface area contributed by atoms with E-state index in [-0.39, 0.29) is 5.75 Å². The molecule has 0 saturated heterocycles. The van der Waals surface area contributed by atoms with Crippen molar-refractivity contribution in [3.63, 3.8) is 0 Å². The van der Waals surface area contributed by atoms with Crippen molar-refractivity contribution >= 4 is 26.8 Å². The first-order chi connectivity index (χ1) is 9.25. The first-order valence-electron chi connectivity index (χ1n) is 5.91. The van der Waals surface area contributed by atoms with E-state index in [0.717, 1.165) is 26.7 Å². The second kappa shape index (κ2) is 4.97. The van der Waals surface area contributed by atoms with Gasteiger partial charge >= 0.3 is 0 Å². The third-order valence-electron chi connectivity index (χ3n) is 2.99. The molecule has 0 spiro atoms. The molecule has 0 fully saturated rings. The summed E-state index contributed by atoms with van der Waals surface area (Å²) in [6.45, 7) is 0.403.